The van der Waals surface area contributed by atoms with Gasteiger partial charge in [-0.1, -0.05) is 86.8 Å². The van der Waals surface area contributed by atoms with E-state index in [0.717, 1.165) is 43.2 Å². The fraction of sp³-hybridized carbons (Fsp3) is 0.310. The van der Waals surface area contributed by atoms with Gasteiger partial charge in [-0.3, -0.25) is 14.2 Å². The molecule has 0 saturated carbocycles. The van der Waals surface area contributed by atoms with Crippen molar-refractivity contribution in [3.05, 3.63) is 75.5 Å². The first-order chi connectivity index (χ1) is 18.9. The summed E-state index contributed by atoms with van der Waals surface area (Å²) in [4.78, 5) is 25.2. The van der Waals surface area contributed by atoms with Crippen LogP contribution in [-0.4, -0.2) is 38.9 Å². The number of nitrogens with one attached hydrogen (secondary N) is 2. The van der Waals surface area contributed by atoms with Gasteiger partial charge in [-0.05, 0) is 64.0 Å². The maximum Gasteiger partial charge on any atom is 0.251 e. The summed E-state index contributed by atoms with van der Waals surface area (Å²) in [5, 5.41) is 17.4. The number of hydrogen-bond donors (Lipinski definition) is 2. The topological polar surface area (TPSA) is 88.9 Å². The predicted molar refractivity (Wildman–Crippen MR) is 163 cm³/mol. The van der Waals surface area contributed by atoms with E-state index >= 15 is 0 Å². The minimum absolute atomic E-state index is 0.104. The van der Waals surface area contributed by atoms with Crippen LogP contribution in [0.3, 0.4) is 0 Å². The molecule has 1 aromatic heterocycles. The lowest BCUT2D eigenvalue weighted by Crippen LogP contribution is -2.24. The third-order valence-electron chi connectivity index (χ3n) is 6.36. The van der Waals surface area contributed by atoms with Crippen LogP contribution in [0.2, 0.25) is 5.02 Å². The molecule has 0 bridgehead atoms. The molecule has 4 aromatic rings. The molecule has 0 unspecified atom stereocenters. The fourth-order valence-corrected chi connectivity index (χ4v) is 5.86. The number of rotatable bonds is 12. The molecule has 39 heavy (non-hydrogen) atoms. The van der Waals surface area contributed by atoms with Gasteiger partial charge in [0.1, 0.15) is 0 Å². The molecule has 1 heterocycles. The Bertz CT molecular complexity index is 1480. The molecule has 3 aromatic carbocycles. The maximum atomic E-state index is 12.8. The van der Waals surface area contributed by atoms with Crippen molar-refractivity contribution in [2.24, 2.45) is 0 Å². The quantitative estimate of drug-likeness (QED) is 0.126. The number of thioether (sulfide) groups is 1. The van der Waals surface area contributed by atoms with Gasteiger partial charge in [-0.2, -0.15) is 0 Å². The van der Waals surface area contributed by atoms with Crippen LogP contribution in [0, 0.1) is 0 Å². The van der Waals surface area contributed by atoms with E-state index in [1.807, 2.05) is 16.7 Å². The van der Waals surface area contributed by atoms with E-state index in [1.54, 1.807) is 18.2 Å². The van der Waals surface area contributed by atoms with E-state index in [4.69, 9.17) is 11.6 Å². The summed E-state index contributed by atoms with van der Waals surface area (Å²) in [6.45, 7) is 4.92. The summed E-state index contributed by atoms with van der Waals surface area (Å²) in [5.41, 5.74) is 3.11. The highest BCUT2D eigenvalue weighted by atomic mass is 79.9. The number of aromatic nitrogens is 3. The average Bonchev–Trinajstić information content (AvgIpc) is 3.31. The van der Waals surface area contributed by atoms with Crippen LogP contribution in [0.4, 0.5) is 5.69 Å². The van der Waals surface area contributed by atoms with Gasteiger partial charge in [0.25, 0.3) is 5.91 Å². The number of anilines is 1. The van der Waals surface area contributed by atoms with Crippen LogP contribution in [0.25, 0.3) is 16.5 Å². The molecule has 0 spiro atoms. The van der Waals surface area contributed by atoms with Crippen molar-refractivity contribution in [3.63, 3.8) is 0 Å². The lowest BCUT2D eigenvalue weighted by molar-refractivity contribution is -0.113. The summed E-state index contributed by atoms with van der Waals surface area (Å²) >= 11 is 11.2. The van der Waals surface area contributed by atoms with Crippen LogP contribution >= 0.6 is 39.3 Å². The normalized spacial score (nSPS) is 11.1. The number of unbranched alkanes of at least 4 members (excludes halogenated alkanes) is 3. The molecule has 2 amide bonds. The minimum Gasteiger partial charge on any atom is -0.352 e. The maximum absolute atomic E-state index is 12.8. The first-order valence-corrected chi connectivity index (χ1v) is 15.2. The molecule has 2 N–H and O–H groups in total. The van der Waals surface area contributed by atoms with Crippen LogP contribution < -0.4 is 10.6 Å². The molecule has 0 atom stereocenters. The zero-order valence-corrected chi connectivity index (χ0v) is 25.1. The molecule has 0 fully saturated rings. The molecule has 7 nitrogen and oxygen atoms in total. The Hall–Kier alpha value is -2.88. The number of amides is 2. The predicted octanol–water partition coefficient (Wildman–Crippen LogP) is 7.44. The van der Waals surface area contributed by atoms with Crippen LogP contribution in [-0.2, 0) is 11.2 Å². The Balaban J connectivity index is 1.41. The molecule has 204 valence electrons. The molecule has 4 rings (SSSR count). The summed E-state index contributed by atoms with van der Waals surface area (Å²) < 4.78 is 2.46. The second-order valence-corrected chi connectivity index (χ2v) is 11.1. The summed E-state index contributed by atoms with van der Waals surface area (Å²) in [6.07, 6.45) is 5.28. The number of fused-ring (bicyclic) bond motifs is 1. The summed E-state index contributed by atoms with van der Waals surface area (Å²) in [6, 6.07) is 17.3. The van der Waals surface area contributed by atoms with Gasteiger partial charge in [-0.15, -0.1) is 10.2 Å². The van der Waals surface area contributed by atoms with Gasteiger partial charge in [0.2, 0.25) is 10.6 Å². The number of carbonyl (C=O) groups excluding carboxylic acids is 2. The third-order valence-corrected chi connectivity index (χ3v) is 8.12. The molecule has 0 aliphatic carbocycles. The van der Waals surface area contributed by atoms with Crippen molar-refractivity contribution < 1.29 is 9.59 Å². The van der Waals surface area contributed by atoms with Gasteiger partial charge < -0.3 is 10.6 Å². The highest BCUT2D eigenvalue weighted by Gasteiger charge is 2.18. The van der Waals surface area contributed by atoms with E-state index in [1.165, 1.54) is 22.7 Å². The van der Waals surface area contributed by atoms with E-state index < -0.39 is 0 Å². The summed E-state index contributed by atoms with van der Waals surface area (Å²) in [5.74, 6) is -0.315. The second-order valence-electron chi connectivity index (χ2n) is 9.08. The first kappa shape index (κ1) is 29.1. The second kappa shape index (κ2) is 14.0. The highest BCUT2D eigenvalue weighted by molar-refractivity contribution is 9.10. The molecular weight excluding hydrogens is 598 g/mol. The smallest absolute Gasteiger partial charge is 0.251 e. The van der Waals surface area contributed by atoms with Crippen molar-refractivity contribution in [3.8, 4) is 5.69 Å². The zero-order chi connectivity index (χ0) is 27.8. The van der Waals surface area contributed by atoms with Crippen molar-refractivity contribution >= 4 is 67.6 Å². The lowest BCUT2D eigenvalue weighted by atomic mass is 10.0. The zero-order valence-electron chi connectivity index (χ0n) is 22.0. The van der Waals surface area contributed by atoms with Crippen LogP contribution in [0.1, 0.15) is 55.5 Å². The van der Waals surface area contributed by atoms with Gasteiger partial charge in [0.05, 0.1) is 22.2 Å². The number of hydrogen-bond acceptors (Lipinski definition) is 5. The Labute approximate surface area is 246 Å². The first-order valence-electron chi connectivity index (χ1n) is 13.0. The molecule has 0 aliphatic rings. The number of nitrogens with zero attached hydrogens (tertiary/aromatic N) is 3. The van der Waals surface area contributed by atoms with E-state index in [9.17, 15) is 9.59 Å². The molecule has 0 aliphatic heterocycles. The third kappa shape index (κ3) is 7.21. The largest absolute Gasteiger partial charge is 0.352 e. The van der Waals surface area contributed by atoms with Crippen molar-refractivity contribution in [2.75, 3.05) is 17.6 Å². The Morgan fingerprint density at radius 1 is 1.00 bits per heavy atom. The van der Waals surface area contributed by atoms with Crippen molar-refractivity contribution in [2.45, 2.75) is 51.1 Å². The number of benzene rings is 3. The molecular formula is C29H31BrClN5O2S. The summed E-state index contributed by atoms with van der Waals surface area (Å²) in [7, 11) is 0. The van der Waals surface area contributed by atoms with Crippen LogP contribution in [0.15, 0.2) is 64.5 Å². The van der Waals surface area contributed by atoms with E-state index in [2.05, 4.69) is 74.9 Å². The Morgan fingerprint density at radius 3 is 2.54 bits per heavy atom. The van der Waals surface area contributed by atoms with Gasteiger partial charge in [-0.25, -0.2) is 0 Å². The minimum atomic E-state index is -0.244. The van der Waals surface area contributed by atoms with Crippen molar-refractivity contribution in [1.29, 1.82) is 0 Å². The number of aryl methyl sites for hydroxylation is 1. The van der Waals surface area contributed by atoms with Gasteiger partial charge in [0, 0.05) is 17.5 Å². The number of carbonyl (C=O) groups is 2. The highest BCUT2D eigenvalue weighted by Crippen LogP contribution is 2.32. The monoisotopic (exact) mass is 627 g/mol. The molecule has 0 radical (unpaired) electrons. The van der Waals surface area contributed by atoms with Crippen LogP contribution in [0.5, 0.6) is 0 Å². The van der Waals surface area contributed by atoms with E-state index in [-0.39, 0.29) is 17.6 Å². The standard InChI is InChI=1S/C29H31BrClN5O2S/c1-3-5-6-9-16-32-27(38)20-12-14-24(23(31)17-20)33-26(37)18-39-29-35-34-28(30)36(29)25-15-13-19(4-2)21-10-7-8-11-22(21)25/h7-8,10-15,17H,3-6,9,16,18H2,1-2H3,(H,32,38)(H,33,37). The SMILES string of the molecule is CCCCCCNC(=O)c1ccc(NC(=O)CSc2nnc(Br)n2-c2ccc(CC)c3ccccc23)c(Cl)c1. The number of halogens is 2. The lowest BCUT2D eigenvalue weighted by Gasteiger charge is -2.13. The van der Waals surface area contributed by atoms with Crippen molar-refractivity contribution in [1.82, 2.24) is 20.1 Å². The van der Waals surface area contributed by atoms with Gasteiger partial charge >= 0.3 is 0 Å². The Kier molecular flexibility index (Phi) is 10.4. The average molecular weight is 629 g/mol. The van der Waals surface area contributed by atoms with E-state index in [0.29, 0.717) is 32.7 Å². The van der Waals surface area contributed by atoms with Gasteiger partial charge in [0.15, 0.2) is 5.16 Å². The Morgan fingerprint density at radius 2 is 1.79 bits per heavy atom. The fourth-order valence-electron chi connectivity index (χ4n) is 4.33. The molecule has 0 saturated heterocycles. The molecule has 10 heteroatoms.